The second kappa shape index (κ2) is 5.43. The van der Waals surface area contributed by atoms with Gasteiger partial charge in [-0.05, 0) is 44.2 Å². The van der Waals surface area contributed by atoms with Crippen LogP contribution in [0, 0.1) is 11.8 Å². The maximum absolute atomic E-state index is 3.39. The molecule has 0 saturated carbocycles. The summed E-state index contributed by atoms with van der Waals surface area (Å²) in [6.07, 6.45) is 6.36. The molecule has 0 spiro atoms. The Bertz CT molecular complexity index is 162. The SMILES string of the molecule is CC(C)CC(C)C=C1CCNCC1. The summed E-state index contributed by atoms with van der Waals surface area (Å²) in [4.78, 5) is 0. The highest BCUT2D eigenvalue weighted by atomic mass is 14.9. The average molecular weight is 181 g/mol. The van der Waals surface area contributed by atoms with E-state index >= 15 is 0 Å². The Kier molecular flexibility index (Phi) is 4.51. The Morgan fingerprint density at radius 2 is 1.85 bits per heavy atom. The summed E-state index contributed by atoms with van der Waals surface area (Å²) < 4.78 is 0. The number of allylic oxidation sites excluding steroid dienone is 1. The minimum absolute atomic E-state index is 0.771. The van der Waals surface area contributed by atoms with E-state index in [2.05, 4.69) is 32.2 Å². The van der Waals surface area contributed by atoms with Gasteiger partial charge in [0.05, 0.1) is 0 Å². The summed E-state index contributed by atoms with van der Waals surface area (Å²) in [5.41, 5.74) is 1.67. The molecule has 0 aliphatic carbocycles. The third-order valence-electron chi connectivity index (χ3n) is 2.61. The molecule has 1 fully saturated rings. The molecule has 0 amide bonds. The summed E-state index contributed by atoms with van der Waals surface area (Å²) in [7, 11) is 0. The van der Waals surface area contributed by atoms with Crippen LogP contribution in [-0.4, -0.2) is 13.1 Å². The first-order valence-electron chi connectivity index (χ1n) is 5.58. The summed E-state index contributed by atoms with van der Waals surface area (Å²) in [6, 6.07) is 0. The van der Waals surface area contributed by atoms with Gasteiger partial charge in [0.1, 0.15) is 0 Å². The van der Waals surface area contributed by atoms with Gasteiger partial charge in [-0.2, -0.15) is 0 Å². The predicted octanol–water partition coefficient (Wildman–Crippen LogP) is 2.98. The molecule has 1 saturated heterocycles. The first kappa shape index (κ1) is 10.8. The highest BCUT2D eigenvalue weighted by Gasteiger charge is 2.07. The highest BCUT2D eigenvalue weighted by molar-refractivity contribution is 5.07. The van der Waals surface area contributed by atoms with Crippen LogP contribution >= 0.6 is 0 Å². The van der Waals surface area contributed by atoms with Gasteiger partial charge in [-0.25, -0.2) is 0 Å². The molecule has 1 aliphatic heterocycles. The predicted molar refractivity (Wildman–Crippen MR) is 58.8 cm³/mol. The molecule has 1 N–H and O–H groups in total. The van der Waals surface area contributed by atoms with Crippen LogP contribution in [0.1, 0.15) is 40.0 Å². The summed E-state index contributed by atoms with van der Waals surface area (Å²) in [6.45, 7) is 9.31. The number of hydrogen-bond donors (Lipinski definition) is 1. The van der Waals surface area contributed by atoms with Crippen molar-refractivity contribution >= 4 is 0 Å². The van der Waals surface area contributed by atoms with Gasteiger partial charge in [0, 0.05) is 0 Å². The zero-order chi connectivity index (χ0) is 9.68. The fourth-order valence-electron chi connectivity index (χ4n) is 2.13. The molecule has 0 radical (unpaired) electrons. The van der Waals surface area contributed by atoms with Crippen molar-refractivity contribution in [2.45, 2.75) is 40.0 Å². The van der Waals surface area contributed by atoms with Gasteiger partial charge in [0.15, 0.2) is 0 Å². The van der Waals surface area contributed by atoms with Crippen LogP contribution < -0.4 is 5.32 Å². The zero-order valence-electron chi connectivity index (χ0n) is 9.27. The topological polar surface area (TPSA) is 12.0 Å². The lowest BCUT2D eigenvalue weighted by atomic mass is 9.94. The van der Waals surface area contributed by atoms with Gasteiger partial charge in [-0.15, -0.1) is 0 Å². The van der Waals surface area contributed by atoms with Crippen molar-refractivity contribution in [1.29, 1.82) is 0 Å². The first-order valence-corrected chi connectivity index (χ1v) is 5.58. The zero-order valence-corrected chi connectivity index (χ0v) is 9.27. The van der Waals surface area contributed by atoms with Crippen molar-refractivity contribution in [1.82, 2.24) is 5.32 Å². The maximum atomic E-state index is 3.39. The molecule has 1 aliphatic rings. The lowest BCUT2D eigenvalue weighted by Gasteiger charge is -2.18. The van der Waals surface area contributed by atoms with Crippen LogP contribution in [0.3, 0.4) is 0 Å². The number of hydrogen-bond acceptors (Lipinski definition) is 1. The van der Waals surface area contributed by atoms with Crippen molar-refractivity contribution in [3.63, 3.8) is 0 Å². The molecular formula is C12H23N. The number of nitrogens with one attached hydrogen (secondary N) is 1. The molecule has 1 unspecified atom stereocenters. The van der Waals surface area contributed by atoms with Gasteiger partial charge in [0.2, 0.25) is 0 Å². The third-order valence-corrected chi connectivity index (χ3v) is 2.61. The van der Waals surface area contributed by atoms with Crippen molar-refractivity contribution in [3.8, 4) is 0 Å². The molecule has 0 bridgehead atoms. The van der Waals surface area contributed by atoms with Crippen LogP contribution in [0.15, 0.2) is 11.6 Å². The molecule has 76 valence electrons. The Balaban J connectivity index is 2.34. The number of rotatable bonds is 3. The summed E-state index contributed by atoms with van der Waals surface area (Å²) in [5, 5.41) is 3.39. The highest BCUT2D eigenvalue weighted by Crippen LogP contribution is 2.18. The molecule has 1 atom stereocenters. The van der Waals surface area contributed by atoms with E-state index in [1.165, 1.54) is 32.4 Å². The van der Waals surface area contributed by atoms with Crippen molar-refractivity contribution in [2.24, 2.45) is 11.8 Å². The van der Waals surface area contributed by atoms with E-state index in [-0.39, 0.29) is 0 Å². The Hall–Kier alpha value is -0.300. The van der Waals surface area contributed by atoms with Gasteiger partial charge in [0.25, 0.3) is 0 Å². The largest absolute Gasteiger partial charge is 0.316 e. The first-order chi connectivity index (χ1) is 6.18. The molecule has 1 nitrogen and oxygen atoms in total. The third kappa shape index (κ3) is 4.47. The van der Waals surface area contributed by atoms with Crippen LogP contribution in [0.25, 0.3) is 0 Å². The molecule has 0 aromatic carbocycles. The van der Waals surface area contributed by atoms with E-state index in [1.807, 2.05) is 0 Å². The van der Waals surface area contributed by atoms with E-state index in [0.717, 1.165) is 11.8 Å². The molecule has 1 heterocycles. The van der Waals surface area contributed by atoms with Crippen LogP contribution in [0.2, 0.25) is 0 Å². The number of piperidine rings is 1. The Morgan fingerprint density at radius 3 is 2.38 bits per heavy atom. The van der Waals surface area contributed by atoms with E-state index in [4.69, 9.17) is 0 Å². The second-order valence-electron chi connectivity index (χ2n) is 4.68. The molecule has 1 heteroatoms. The molecular weight excluding hydrogens is 158 g/mol. The van der Waals surface area contributed by atoms with Crippen LogP contribution in [0.4, 0.5) is 0 Å². The minimum atomic E-state index is 0.771. The monoisotopic (exact) mass is 181 g/mol. The average Bonchev–Trinajstić information content (AvgIpc) is 2.04. The van der Waals surface area contributed by atoms with Gasteiger partial charge < -0.3 is 5.32 Å². The molecule has 0 aromatic rings. The van der Waals surface area contributed by atoms with E-state index < -0.39 is 0 Å². The fraction of sp³-hybridized carbons (Fsp3) is 0.833. The quantitative estimate of drug-likeness (QED) is 0.660. The lowest BCUT2D eigenvalue weighted by Crippen LogP contribution is -2.23. The van der Waals surface area contributed by atoms with Gasteiger partial charge >= 0.3 is 0 Å². The Morgan fingerprint density at radius 1 is 1.23 bits per heavy atom. The molecule has 0 aromatic heterocycles. The van der Waals surface area contributed by atoms with Crippen LogP contribution in [-0.2, 0) is 0 Å². The molecule has 1 rings (SSSR count). The second-order valence-corrected chi connectivity index (χ2v) is 4.68. The van der Waals surface area contributed by atoms with Gasteiger partial charge in [-0.3, -0.25) is 0 Å². The van der Waals surface area contributed by atoms with Gasteiger partial charge in [-0.1, -0.05) is 32.4 Å². The maximum Gasteiger partial charge on any atom is -0.00115 e. The van der Waals surface area contributed by atoms with Crippen molar-refractivity contribution in [3.05, 3.63) is 11.6 Å². The summed E-state index contributed by atoms with van der Waals surface area (Å²) >= 11 is 0. The van der Waals surface area contributed by atoms with Crippen molar-refractivity contribution < 1.29 is 0 Å². The van der Waals surface area contributed by atoms with Crippen LogP contribution in [0.5, 0.6) is 0 Å². The van der Waals surface area contributed by atoms with E-state index in [9.17, 15) is 0 Å². The Labute approximate surface area is 82.6 Å². The van der Waals surface area contributed by atoms with E-state index in [0.29, 0.717) is 0 Å². The molecule has 13 heavy (non-hydrogen) atoms. The fourth-order valence-corrected chi connectivity index (χ4v) is 2.13. The lowest BCUT2D eigenvalue weighted by molar-refractivity contribution is 0.495. The van der Waals surface area contributed by atoms with E-state index in [1.54, 1.807) is 5.57 Å². The minimum Gasteiger partial charge on any atom is -0.316 e. The smallest absolute Gasteiger partial charge is 0.00115 e. The normalized spacial score (nSPS) is 20.5. The standard InChI is InChI=1S/C12H23N/c1-10(2)8-11(3)9-12-4-6-13-7-5-12/h9-11,13H,4-8H2,1-3H3. The summed E-state index contributed by atoms with van der Waals surface area (Å²) in [5.74, 6) is 1.60. The van der Waals surface area contributed by atoms with Crippen molar-refractivity contribution in [2.75, 3.05) is 13.1 Å².